The molecule has 17 heavy (non-hydrogen) atoms. The summed E-state index contributed by atoms with van der Waals surface area (Å²) in [6, 6.07) is 5.60. The third-order valence-corrected chi connectivity index (χ3v) is 4.23. The van der Waals surface area contributed by atoms with Gasteiger partial charge in [0.1, 0.15) is 11.6 Å². The zero-order valence-electron chi connectivity index (χ0n) is 8.84. The Morgan fingerprint density at radius 3 is 2.65 bits per heavy atom. The molecule has 0 aliphatic heterocycles. The van der Waals surface area contributed by atoms with E-state index in [4.69, 9.17) is 0 Å². The van der Waals surface area contributed by atoms with Gasteiger partial charge >= 0.3 is 0 Å². The minimum atomic E-state index is -0.549. The molecule has 2 aromatic rings. The minimum absolute atomic E-state index is 0.385. The molecule has 0 bridgehead atoms. The Hall–Kier alpha value is -0.780. The van der Waals surface area contributed by atoms with Gasteiger partial charge in [-0.05, 0) is 33.4 Å². The molecule has 90 valence electrons. The van der Waals surface area contributed by atoms with E-state index < -0.39 is 11.6 Å². The molecular formula is C12H10BrF2NS. The van der Waals surface area contributed by atoms with Gasteiger partial charge in [0.05, 0.1) is 0 Å². The van der Waals surface area contributed by atoms with Crippen molar-refractivity contribution in [3.8, 4) is 0 Å². The summed E-state index contributed by atoms with van der Waals surface area (Å²) in [5.74, 6) is -1.06. The van der Waals surface area contributed by atoms with Gasteiger partial charge in [0.15, 0.2) is 0 Å². The van der Waals surface area contributed by atoms with Gasteiger partial charge in [-0.1, -0.05) is 6.07 Å². The first-order valence-electron chi connectivity index (χ1n) is 5.03. The summed E-state index contributed by atoms with van der Waals surface area (Å²) in [6.07, 6.45) is 0. The van der Waals surface area contributed by atoms with E-state index in [0.717, 1.165) is 15.4 Å². The number of benzene rings is 1. The predicted octanol–water partition coefficient (Wildman–Crippen LogP) is 4.08. The van der Waals surface area contributed by atoms with Crippen molar-refractivity contribution in [2.75, 3.05) is 0 Å². The molecule has 0 unspecified atom stereocenters. The molecule has 0 amide bonds. The molecule has 1 aromatic heterocycles. The predicted molar refractivity (Wildman–Crippen MR) is 68.9 cm³/mol. The standard InChI is InChI=1S/C12H10BrF2NS/c13-10-3-4-17-12(10)7-16-6-8-1-2-9(14)5-11(8)15/h1-5,16H,6-7H2. The monoisotopic (exact) mass is 317 g/mol. The zero-order valence-corrected chi connectivity index (χ0v) is 11.2. The van der Waals surface area contributed by atoms with Gasteiger partial charge in [-0.3, -0.25) is 0 Å². The van der Waals surface area contributed by atoms with Crippen molar-refractivity contribution in [3.05, 3.63) is 56.2 Å². The lowest BCUT2D eigenvalue weighted by Gasteiger charge is -2.05. The fraction of sp³-hybridized carbons (Fsp3) is 0.167. The molecule has 0 saturated carbocycles. The van der Waals surface area contributed by atoms with E-state index in [-0.39, 0.29) is 0 Å². The lowest BCUT2D eigenvalue weighted by Crippen LogP contribution is -2.13. The molecule has 1 nitrogen and oxygen atoms in total. The van der Waals surface area contributed by atoms with Crippen LogP contribution in [0.2, 0.25) is 0 Å². The Balaban J connectivity index is 1.92. The van der Waals surface area contributed by atoms with E-state index in [1.807, 2.05) is 11.4 Å². The second kappa shape index (κ2) is 5.71. The van der Waals surface area contributed by atoms with Crippen LogP contribution in [0.4, 0.5) is 8.78 Å². The Labute approximate surface area is 111 Å². The van der Waals surface area contributed by atoms with Crippen LogP contribution in [0.1, 0.15) is 10.4 Å². The number of thiophene rings is 1. The van der Waals surface area contributed by atoms with Crippen molar-refractivity contribution in [2.24, 2.45) is 0 Å². The normalized spacial score (nSPS) is 10.8. The topological polar surface area (TPSA) is 12.0 Å². The van der Waals surface area contributed by atoms with Crippen LogP contribution in [0.25, 0.3) is 0 Å². The molecule has 0 saturated heterocycles. The van der Waals surface area contributed by atoms with E-state index >= 15 is 0 Å². The highest BCUT2D eigenvalue weighted by Gasteiger charge is 2.04. The van der Waals surface area contributed by atoms with Crippen molar-refractivity contribution in [1.29, 1.82) is 0 Å². The summed E-state index contributed by atoms with van der Waals surface area (Å²) >= 11 is 5.05. The van der Waals surface area contributed by atoms with Crippen LogP contribution in [0, 0.1) is 11.6 Å². The molecule has 0 aliphatic rings. The van der Waals surface area contributed by atoms with Crippen LogP contribution in [-0.4, -0.2) is 0 Å². The minimum Gasteiger partial charge on any atom is -0.308 e. The molecule has 0 aliphatic carbocycles. The molecule has 2 rings (SSSR count). The number of hydrogen-bond donors (Lipinski definition) is 1. The maximum atomic E-state index is 13.3. The molecular weight excluding hydrogens is 308 g/mol. The fourth-order valence-corrected chi connectivity index (χ4v) is 2.89. The van der Waals surface area contributed by atoms with Crippen LogP contribution < -0.4 is 5.32 Å². The van der Waals surface area contributed by atoms with Crippen LogP contribution in [-0.2, 0) is 13.1 Å². The van der Waals surface area contributed by atoms with Crippen LogP contribution in [0.3, 0.4) is 0 Å². The number of halogens is 3. The Morgan fingerprint density at radius 2 is 2.00 bits per heavy atom. The number of nitrogens with one attached hydrogen (secondary N) is 1. The summed E-state index contributed by atoms with van der Waals surface area (Å²) in [6.45, 7) is 1.05. The van der Waals surface area contributed by atoms with Crippen molar-refractivity contribution < 1.29 is 8.78 Å². The Morgan fingerprint density at radius 1 is 1.18 bits per heavy atom. The lowest BCUT2D eigenvalue weighted by molar-refractivity contribution is 0.560. The first-order chi connectivity index (χ1) is 8.16. The highest BCUT2D eigenvalue weighted by Crippen LogP contribution is 2.22. The summed E-state index contributed by atoms with van der Waals surface area (Å²) < 4.78 is 27.0. The third-order valence-electron chi connectivity index (χ3n) is 2.31. The number of hydrogen-bond acceptors (Lipinski definition) is 2. The van der Waals surface area contributed by atoms with E-state index in [9.17, 15) is 8.78 Å². The smallest absolute Gasteiger partial charge is 0.130 e. The van der Waals surface area contributed by atoms with Crippen molar-refractivity contribution >= 4 is 27.3 Å². The number of rotatable bonds is 4. The summed E-state index contributed by atoms with van der Waals surface area (Å²) in [5.41, 5.74) is 0.471. The highest BCUT2D eigenvalue weighted by molar-refractivity contribution is 9.10. The second-order valence-electron chi connectivity index (χ2n) is 3.53. The van der Waals surface area contributed by atoms with E-state index in [1.165, 1.54) is 12.1 Å². The second-order valence-corrected chi connectivity index (χ2v) is 5.39. The van der Waals surface area contributed by atoms with Crippen molar-refractivity contribution in [1.82, 2.24) is 5.32 Å². The summed E-state index contributed by atoms with van der Waals surface area (Å²) in [7, 11) is 0. The van der Waals surface area contributed by atoms with E-state index in [1.54, 1.807) is 11.3 Å². The fourth-order valence-electron chi connectivity index (χ4n) is 1.43. The molecule has 5 heteroatoms. The van der Waals surface area contributed by atoms with E-state index in [2.05, 4.69) is 21.2 Å². The quantitative estimate of drug-likeness (QED) is 0.896. The Bertz CT molecular complexity index is 513. The van der Waals surface area contributed by atoms with Crippen molar-refractivity contribution in [3.63, 3.8) is 0 Å². The van der Waals surface area contributed by atoms with Crippen molar-refractivity contribution in [2.45, 2.75) is 13.1 Å². The van der Waals surface area contributed by atoms with Gasteiger partial charge < -0.3 is 5.32 Å². The van der Waals surface area contributed by atoms with Gasteiger partial charge in [-0.25, -0.2) is 8.78 Å². The van der Waals surface area contributed by atoms with Gasteiger partial charge in [-0.2, -0.15) is 0 Å². The first kappa shape index (κ1) is 12.7. The van der Waals surface area contributed by atoms with Crippen LogP contribution in [0.15, 0.2) is 34.1 Å². The molecule has 0 radical (unpaired) electrons. The van der Waals surface area contributed by atoms with Gasteiger partial charge in [0, 0.05) is 34.1 Å². The van der Waals surface area contributed by atoms with Crippen LogP contribution >= 0.6 is 27.3 Å². The molecule has 1 aromatic carbocycles. The Kier molecular flexibility index (Phi) is 4.25. The summed E-state index contributed by atoms with van der Waals surface area (Å²) in [5, 5.41) is 5.11. The zero-order chi connectivity index (χ0) is 12.3. The summed E-state index contributed by atoms with van der Waals surface area (Å²) in [4.78, 5) is 1.16. The first-order valence-corrected chi connectivity index (χ1v) is 6.70. The highest BCUT2D eigenvalue weighted by atomic mass is 79.9. The SMILES string of the molecule is Fc1ccc(CNCc2sccc2Br)c(F)c1. The maximum Gasteiger partial charge on any atom is 0.130 e. The average Bonchev–Trinajstić information content (AvgIpc) is 2.68. The largest absolute Gasteiger partial charge is 0.308 e. The van der Waals surface area contributed by atoms with Gasteiger partial charge in [0.25, 0.3) is 0 Å². The lowest BCUT2D eigenvalue weighted by atomic mass is 10.2. The molecule has 1 N–H and O–H groups in total. The molecule has 0 fully saturated rings. The van der Waals surface area contributed by atoms with Gasteiger partial charge in [-0.15, -0.1) is 11.3 Å². The van der Waals surface area contributed by atoms with Crippen LogP contribution in [0.5, 0.6) is 0 Å². The van der Waals surface area contributed by atoms with Gasteiger partial charge in [0.2, 0.25) is 0 Å². The third kappa shape index (κ3) is 3.34. The molecule has 0 spiro atoms. The maximum absolute atomic E-state index is 13.3. The molecule has 1 heterocycles. The van der Waals surface area contributed by atoms with E-state index in [0.29, 0.717) is 18.7 Å². The molecule has 0 atom stereocenters. The average molecular weight is 318 g/mol.